The van der Waals surface area contributed by atoms with Gasteiger partial charge in [-0.3, -0.25) is 4.90 Å². The molecular formula is C12H25ClN2O. The molecule has 4 heteroatoms. The van der Waals surface area contributed by atoms with Crippen molar-refractivity contribution in [3.63, 3.8) is 0 Å². The van der Waals surface area contributed by atoms with Gasteiger partial charge < -0.3 is 10.1 Å². The number of hydrogen-bond acceptors (Lipinski definition) is 3. The van der Waals surface area contributed by atoms with E-state index in [4.69, 9.17) is 4.74 Å². The number of piperidine rings is 1. The van der Waals surface area contributed by atoms with Gasteiger partial charge in [0.15, 0.2) is 0 Å². The number of halogens is 1. The smallest absolute Gasteiger partial charge is 0.0674 e. The molecule has 0 aromatic heterocycles. The first-order valence-electron chi connectivity index (χ1n) is 6.39. The Morgan fingerprint density at radius 2 is 2.06 bits per heavy atom. The first kappa shape index (κ1) is 14.2. The van der Waals surface area contributed by atoms with Crippen LogP contribution in [-0.4, -0.2) is 50.3 Å². The maximum atomic E-state index is 5.55. The summed E-state index contributed by atoms with van der Waals surface area (Å²) in [6, 6.07) is 0. The fourth-order valence-electron chi connectivity index (χ4n) is 2.63. The van der Waals surface area contributed by atoms with Gasteiger partial charge in [0.05, 0.1) is 12.7 Å². The van der Waals surface area contributed by atoms with E-state index in [0.717, 1.165) is 25.6 Å². The summed E-state index contributed by atoms with van der Waals surface area (Å²) in [7, 11) is 0. The quantitative estimate of drug-likeness (QED) is 0.820. The maximum Gasteiger partial charge on any atom is 0.0674 e. The summed E-state index contributed by atoms with van der Waals surface area (Å²) in [5, 5.41) is 3.43. The van der Waals surface area contributed by atoms with E-state index in [1.54, 1.807) is 0 Å². The molecule has 2 rings (SSSR count). The number of hydrogen-bond donors (Lipinski definition) is 1. The van der Waals surface area contributed by atoms with Crippen molar-refractivity contribution in [1.29, 1.82) is 0 Å². The SMILES string of the molecule is CC1CN(CCC2CCNCC2)CCO1.Cl. The minimum atomic E-state index is 0. The highest BCUT2D eigenvalue weighted by molar-refractivity contribution is 5.85. The Bertz CT molecular complexity index is 186. The van der Waals surface area contributed by atoms with Gasteiger partial charge in [-0.15, -0.1) is 12.4 Å². The molecule has 0 aliphatic carbocycles. The van der Waals surface area contributed by atoms with Gasteiger partial charge in [0, 0.05) is 13.1 Å². The Morgan fingerprint density at radius 1 is 1.31 bits per heavy atom. The van der Waals surface area contributed by atoms with Crippen molar-refractivity contribution < 1.29 is 4.74 Å². The molecule has 2 aliphatic heterocycles. The highest BCUT2D eigenvalue weighted by Crippen LogP contribution is 2.17. The van der Waals surface area contributed by atoms with Crippen LogP contribution < -0.4 is 5.32 Å². The normalized spacial score (nSPS) is 28.7. The third kappa shape index (κ3) is 4.58. The van der Waals surface area contributed by atoms with Crippen molar-refractivity contribution in [2.75, 3.05) is 39.3 Å². The largest absolute Gasteiger partial charge is 0.376 e. The lowest BCUT2D eigenvalue weighted by molar-refractivity contribution is -0.0200. The standard InChI is InChI=1S/C12H24N2O.ClH/c1-11-10-14(8-9-15-11)7-4-12-2-5-13-6-3-12;/h11-13H,2-10H2,1H3;1H. The van der Waals surface area contributed by atoms with Crippen LogP contribution in [0, 0.1) is 5.92 Å². The Labute approximate surface area is 105 Å². The summed E-state index contributed by atoms with van der Waals surface area (Å²) >= 11 is 0. The van der Waals surface area contributed by atoms with E-state index in [9.17, 15) is 0 Å². The summed E-state index contributed by atoms with van der Waals surface area (Å²) in [5.41, 5.74) is 0. The van der Waals surface area contributed by atoms with Gasteiger partial charge in [-0.2, -0.15) is 0 Å². The number of ether oxygens (including phenoxy) is 1. The fraction of sp³-hybridized carbons (Fsp3) is 1.00. The zero-order valence-electron chi connectivity index (χ0n) is 10.3. The molecule has 0 saturated carbocycles. The average Bonchev–Trinajstić information content (AvgIpc) is 2.28. The third-order valence-corrected chi connectivity index (χ3v) is 3.64. The molecule has 0 aromatic rings. The lowest BCUT2D eigenvalue weighted by Gasteiger charge is -2.32. The van der Waals surface area contributed by atoms with Crippen LogP contribution in [0.25, 0.3) is 0 Å². The van der Waals surface area contributed by atoms with Crippen molar-refractivity contribution >= 4 is 12.4 Å². The van der Waals surface area contributed by atoms with Gasteiger partial charge in [-0.1, -0.05) is 0 Å². The zero-order valence-corrected chi connectivity index (χ0v) is 11.1. The van der Waals surface area contributed by atoms with Crippen LogP contribution in [0.2, 0.25) is 0 Å². The second-order valence-electron chi connectivity index (χ2n) is 4.96. The summed E-state index contributed by atoms with van der Waals surface area (Å²) in [4.78, 5) is 2.57. The van der Waals surface area contributed by atoms with E-state index in [2.05, 4.69) is 17.1 Å². The van der Waals surface area contributed by atoms with Crippen LogP contribution in [0.3, 0.4) is 0 Å². The number of morpholine rings is 1. The third-order valence-electron chi connectivity index (χ3n) is 3.64. The van der Waals surface area contributed by atoms with Crippen LogP contribution in [0.5, 0.6) is 0 Å². The van der Waals surface area contributed by atoms with Crippen molar-refractivity contribution in [1.82, 2.24) is 10.2 Å². The monoisotopic (exact) mass is 248 g/mol. The highest BCUT2D eigenvalue weighted by Gasteiger charge is 2.18. The number of rotatable bonds is 3. The van der Waals surface area contributed by atoms with E-state index in [0.29, 0.717) is 6.10 Å². The van der Waals surface area contributed by atoms with E-state index in [1.165, 1.54) is 38.9 Å². The van der Waals surface area contributed by atoms with Gasteiger partial charge >= 0.3 is 0 Å². The first-order chi connectivity index (χ1) is 7.34. The van der Waals surface area contributed by atoms with E-state index in [1.807, 2.05) is 0 Å². The summed E-state index contributed by atoms with van der Waals surface area (Å²) < 4.78 is 5.55. The van der Waals surface area contributed by atoms with Crippen LogP contribution in [0.15, 0.2) is 0 Å². The van der Waals surface area contributed by atoms with Gasteiger partial charge in [-0.05, 0) is 51.7 Å². The first-order valence-corrected chi connectivity index (χ1v) is 6.39. The van der Waals surface area contributed by atoms with Gasteiger partial charge in [0.2, 0.25) is 0 Å². The average molecular weight is 249 g/mol. The van der Waals surface area contributed by atoms with Crippen molar-refractivity contribution in [3.05, 3.63) is 0 Å². The molecule has 16 heavy (non-hydrogen) atoms. The summed E-state index contributed by atoms with van der Waals surface area (Å²) in [6.07, 6.45) is 4.57. The topological polar surface area (TPSA) is 24.5 Å². The van der Waals surface area contributed by atoms with Crippen molar-refractivity contribution in [2.24, 2.45) is 5.92 Å². The van der Waals surface area contributed by atoms with E-state index < -0.39 is 0 Å². The Kier molecular flexibility index (Phi) is 6.66. The van der Waals surface area contributed by atoms with Crippen molar-refractivity contribution in [3.8, 4) is 0 Å². The molecule has 2 heterocycles. The van der Waals surface area contributed by atoms with E-state index in [-0.39, 0.29) is 12.4 Å². The molecule has 0 bridgehead atoms. The number of nitrogens with one attached hydrogen (secondary N) is 1. The Balaban J connectivity index is 0.00000128. The molecule has 3 nitrogen and oxygen atoms in total. The molecule has 0 amide bonds. The molecule has 0 spiro atoms. The molecule has 1 unspecified atom stereocenters. The minimum absolute atomic E-state index is 0. The van der Waals surface area contributed by atoms with Crippen LogP contribution in [0.1, 0.15) is 26.2 Å². The van der Waals surface area contributed by atoms with Gasteiger partial charge in [0.1, 0.15) is 0 Å². The van der Waals surface area contributed by atoms with E-state index >= 15 is 0 Å². The fourth-order valence-corrected chi connectivity index (χ4v) is 2.63. The molecule has 1 atom stereocenters. The lowest BCUT2D eigenvalue weighted by atomic mass is 9.94. The second kappa shape index (κ2) is 7.49. The van der Waals surface area contributed by atoms with Crippen LogP contribution >= 0.6 is 12.4 Å². The van der Waals surface area contributed by atoms with Crippen LogP contribution in [0.4, 0.5) is 0 Å². The Hall–Kier alpha value is 0.170. The molecule has 2 fully saturated rings. The molecule has 96 valence electrons. The van der Waals surface area contributed by atoms with Gasteiger partial charge in [-0.25, -0.2) is 0 Å². The number of nitrogens with zero attached hydrogens (tertiary/aromatic N) is 1. The lowest BCUT2D eigenvalue weighted by Crippen LogP contribution is -2.42. The maximum absolute atomic E-state index is 5.55. The molecule has 2 aliphatic rings. The molecule has 2 saturated heterocycles. The van der Waals surface area contributed by atoms with Crippen molar-refractivity contribution in [2.45, 2.75) is 32.3 Å². The molecular weight excluding hydrogens is 224 g/mol. The minimum Gasteiger partial charge on any atom is -0.376 e. The molecule has 1 N–H and O–H groups in total. The molecule has 0 aromatic carbocycles. The molecule has 0 radical (unpaired) electrons. The zero-order chi connectivity index (χ0) is 10.5. The summed E-state index contributed by atoms with van der Waals surface area (Å²) in [6.45, 7) is 9.09. The second-order valence-corrected chi connectivity index (χ2v) is 4.96. The predicted octanol–water partition coefficient (Wildman–Crippen LogP) is 1.52. The highest BCUT2D eigenvalue weighted by atomic mass is 35.5. The summed E-state index contributed by atoms with van der Waals surface area (Å²) in [5.74, 6) is 0.962. The predicted molar refractivity (Wildman–Crippen MR) is 69.3 cm³/mol. The van der Waals surface area contributed by atoms with Gasteiger partial charge in [0.25, 0.3) is 0 Å². The Morgan fingerprint density at radius 3 is 2.75 bits per heavy atom. The van der Waals surface area contributed by atoms with Crippen LogP contribution in [-0.2, 0) is 4.74 Å².